The third-order valence-electron chi connectivity index (χ3n) is 6.35. The van der Waals surface area contributed by atoms with E-state index < -0.39 is 6.04 Å². The van der Waals surface area contributed by atoms with Crippen LogP contribution in [0.3, 0.4) is 0 Å². The monoisotopic (exact) mass is 400 g/mol. The Balaban J connectivity index is 1.58. The van der Waals surface area contributed by atoms with Crippen molar-refractivity contribution < 1.29 is 9.59 Å². The molecule has 2 unspecified atom stereocenters. The minimum absolute atomic E-state index is 0.00641. The van der Waals surface area contributed by atoms with Crippen molar-refractivity contribution in [2.75, 3.05) is 51.7 Å². The quantitative estimate of drug-likeness (QED) is 0.704. The van der Waals surface area contributed by atoms with Crippen molar-refractivity contribution in [2.45, 2.75) is 51.6 Å². The first-order chi connectivity index (χ1) is 13.9. The molecule has 1 fully saturated rings. The lowest BCUT2D eigenvalue weighted by atomic mass is 10.1. The van der Waals surface area contributed by atoms with Crippen LogP contribution in [-0.2, 0) is 16.0 Å². The van der Waals surface area contributed by atoms with E-state index in [0.29, 0.717) is 18.9 Å². The molecule has 0 aromatic heterocycles. The van der Waals surface area contributed by atoms with Gasteiger partial charge in [-0.3, -0.25) is 19.4 Å². The van der Waals surface area contributed by atoms with Crippen LogP contribution in [0.4, 0.5) is 5.69 Å². The summed E-state index contributed by atoms with van der Waals surface area (Å²) in [4.78, 5) is 34.2. The van der Waals surface area contributed by atoms with Gasteiger partial charge < -0.3 is 9.80 Å². The van der Waals surface area contributed by atoms with Crippen LogP contribution in [0.15, 0.2) is 24.3 Å². The lowest BCUT2D eigenvalue weighted by Crippen LogP contribution is -2.51. The lowest BCUT2D eigenvalue weighted by molar-refractivity contribution is -0.132. The predicted octanol–water partition coefficient (Wildman–Crippen LogP) is 2.23. The summed E-state index contributed by atoms with van der Waals surface area (Å²) in [5.41, 5.74) is 1.98. The maximum absolute atomic E-state index is 13.2. The third-order valence-corrected chi connectivity index (χ3v) is 6.35. The zero-order chi connectivity index (χ0) is 21.0. The smallest absolute Gasteiger partial charge is 0.245 e. The summed E-state index contributed by atoms with van der Waals surface area (Å²) in [7, 11) is 3.51. The number of hydrogen-bond acceptors (Lipinski definition) is 4. The highest BCUT2D eigenvalue weighted by Crippen LogP contribution is 2.33. The molecule has 2 heterocycles. The van der Waals surface area contributed by atoms with Gasteiger partial charge in [0.25, 0.3) is 0 Å². The van der Waals surface area contributed by atoms with E-state index in [4.69, 9.17) is 0 Å². The average molecular weight is 401 g/mol. The van der Waals surface area contributed by atoms with E-state index in [2.05, 4.69) is 23.6 Å². The summed E-state index contributed by atoms with van der Waals surface area (Å²) in [6, 6.07) is 8.13. The van der Waals surface area contributed by atoms with E-state index in [9.17, 15) is 9.59 Å². The second kappa shape index (κ2) is 9.72. The number of nitrogens with zero attached hydrogens (tertiary/aromatic N) is 4. The van der Waals surface area contributed by atoms with E-state index in [1.54, 1.807) is 23.9 Å². The Morgan fingerprint density at radius 3 is 2.48 bits per heavy atom. The van der Waals surface area contributed by atoms with Crippen molar-refractivity contribution in [1.29, 1.82) is 0 Å². The Morgan fingerprint density at radius 2 is 1.83 bits per heavy atom. The minimum Gasteiger partial charge on any atom is -0.347 e. The van der Waals surface area contributed by atoms with Gasteiger partial charge in [0.05, 0.1) is 0 Å². The highest BCUT2D eigenvalue weighted by atomic mass is 16.2. The fourth-order valence-electron chi connectivity index (χ4n) is 4.59. The van der Waals surface area contributed by atoms with Crippen LogP contribution >= 0.6 is 0 Å². The molecule has 0 radical (unpaired) electrons. The zero-order valence-corrected chi connectivity index (χ0v) is 18.4. The molecule has 2 aliphatic rings. The summed E-state index contributed by atoms with van der Waals surface area (Å²) in [5, 5.41) is 0. The minimum atomic E-state index is -0.415. The number of carbonyl (C=O) groups excluding carboxylic acids is 2. The maximum Gasteiger partial charge on any atom is 0.245 e. The average Bonchev–Trinajstić information content (AvgIpc) is 3.11. The number of amides is 2. The van der Waals surface area contributed by atoms with Crippen molar-refractivity contribution in [1.82, 2.24) is 14.7 Å². The van der Waals surface area contributed by atoms with E-state index in [1.807, 2.05) is 24.3 Å². The second-order valence-electron chi connectivity index (χ2n) is 8.61. The summed E-state index contributed by atoms with van der Waals surface area (Å²) in [6.07, 6.45) is 3.52. The Bertz CT molecular complexity index is 713. The zero-order valence-electron chi connectivity index (χ0n) is 18.4. The molecule has 2 atom stereocenters. The third kappa shape index (κ3) is 4.98. The molecule has 6 heteroatoms. The summed E-state index contributed by atoms with van der Waals surface area (Å²) in [5.74, 6) is 0.0463. The van der Waals surface area contributed by atoms with Crippen LogP contribution in [0.5, 0.6) is 0 Å². The van der Waals surface area contributed by atoms with E-state index in [1.165, 1.54) is 12.8 Å². The van der Waals surface area contributed by atoms with Crippen LogP contribution in [0.25, 0.3) is 0 Å². The molecule has 0 bridgehead atoms. The topological polar surface area (TPSA) is 47.1 Å². The molecule has 3 rings (SSSR count). The van der Waals surface area contributed by atoms with Crippen LogP contribution in [0.1, 0.15) is 38.7 Å². The van der Waals surface area contributed by atoms with Gasteiger partial charge in [-0.15, -0.1) is 0 Å². The van der Waals surface area contributed by atoms with Gasteiger partial charge in [0.15, 0.2) is 0 Å². The Hall–Kier alpha value is -1.92. The molecule has 0 aliphatic carbocycles. The number of likely N-dealkylation sites (N-methyl/N-ethyl adjacent to an activating group) is 1. The van der Waals surface area contributed by atoms with Crippen molar-refractivity contribution in [3.8, 4) is 0 Å². The van der Waals surface area contributed by atoms with E-state index >= 15 is 0 Å². The van der Waals surface area contributed by atoms with Crippen molar-refractivity contribution >= 4 is 17.5 Å². The lowest BCUT2D eigenvalue weighted by Gasteiger charge is -2.38. The van der Waals surface area contributed by atoms with Crippen LogP contribution < -0.4 is 4.90 Å². The van der Waals surface area contributed by atoms with Gasteiger partial charge >= 0.3 is 0 Å². The van der Waals surface area contributed by atoms with Gasteiger partial charge in [0, 0.05) is 71.4 Å². The number of carbonyl (C=O) groups is 2. The molecule has 6 nitrogen and oxygen atoms in total. The van der Waals surface area contributed by atoms with Crippen molar-refractivity contribution in [3.63, 3.8) is 0 Å². The maximum atomic E-state index is 13.2. The molecule has 2 amide bonds. The first-order valence-electron chi connectivity index (χ1n) is 11.0. The predicted molar refractivity (Wildman–Crippen MR) is 117 cm³/mol. The van der Waals surface area contributed by atoms with Crippen molar-refractivity contribution in [2.24, 2.45) is 0 Å². The van der Waals surface area contributed by atoms with Gasteiger partial charge in [0.1, 0.15) is 6.04 Å². The van der Waals surface area contributed by atoms with E-state index in [-0.39, 0.29) is 11.8 Å². The van der Waals surface area contributed by atoms with Gasteiger partial charge in [-0.1, -0.05) is 31.5 Å². The molecule has 29 heavy (non-hydrogen) atoms. The number of hydrogen-bond donors (Lipinski definition) is 0. The fraction of sp³-hybridized carbons (Fsp3) is 0.652. The van der Waals surface area contributed by atoms with Gasteiger partial charge in [-0.25, -0.2) is 0 Å². The first-order valence-corrected chi connectivity index (χ1v) is 11.0. The standard InChI is InChI=1S/C23H36N4O2/c1-5-8-18(2)26-15-13-25(14-16-26)12-11-22(28)27-20-10-7-6-9-19(20)17-21(27)23(29)24(3)4/h6-7,9-10,18,21H,5,8,11-17H2,1-4H3. The molecule has 2 aliphatic heterocycles. The van der Waals surface area contributed by atoms with Crippen LogP contribution in [0, 0.1) is 0 Å². The SMILES string of the molecule is CCCC(C)N1CCN(CCC(=O)N2c3ccccc3CC2C(=O)N(C)C)CC1. The van der Waals surface area contributed by atoms with Gasteiger partial charge in [-0.2, -0.15) is 0 Å². The fourth-order valence-corrected chi connectivity index (χ4v) is 4.59. The van der Waals surface area contributed by atoms with Gasteiger partial charge in [0.2, 0.25) is 11.8 Å². The highest BCUT2D eigenvalue weighted by molar-refractivity contribution is 6.03. The second-order valence-corrected chi connectivity index (χ2v) is 8.61. The molecule has 1 aromatic rings. The Labute approximate surface area is 175 Å². The Kier molecular flexibility index (Phi) is 7.30. The normalized spacial score (nSPS) is 21.1. The van der Waals surface area contributed by atoms with Crippen LogP contribution in [0.2, 0.25) is 0 Å². The summed E-state index contributed by atoms with van der Waals surface area (Å²) < 4.78 is 0. The van der Waals surface area contributed by atoms with Gasteiger partial charge in [-0.05, 0) is 25.0 Å². The molecule has 1 saturated heterocycles. The number of piperazine rings is 1. The number of fused-ring (bicyclic) bond motifs is 1. The molecule has 0 N–H and O–H groups in total. The number of rotatable bonds is 7. The van der Waals surface area contributed by atoms with Crippen molar-refractivity contribution in [3.05, 3.63) is 29.8 Å². The first kappa shape index (κ1) is 21.8. The van der Waals surface area contributed by atoms with Crippen LogP contribution in [-0.4, -0.2) is 85.4 Å². The molecule has 0 spiro atoms. The molecular weight excluding hydrogens is 364 g/mol. The van der Waals surface area contributed by atoms with E-state index in [0.717, 1.165) is 44.0 Å². The summed E-state index contributed by atoms with van der Waals surface area (Å²) >= 11 is 0. The largest absolute Gasteiger partial charge is 0.347 e. The highest BCUT2D eigenvalue weighted by Gasteiger charge is 2.38. The molecule has 0 saturated carbocycles. The number of benzene rings is 1. The molecular formula is C23H36N4O2. The number of para-hydroxylation sites is 1. The Morgan fingerprint density at radius 1 is 1.14 bits per heavy atom. The molecule has 160 valence electrons. The number of anilines is 1. The molecule has 1 aromatic carbocycles. The summed E-state index contributed by atoms with van der Waals surface area (Å²) in [6.45, 7) is 9.48.